The van der Waals surface area contributed by atoms with Crippen LogP contribution in [0.25, 0.3) is 21.8 Å². The number of fused-ring (bicyclic) bond motifs is 2. The van der Waals surface area contributed by atoms with E-state index in [9.17, 15) is 13.2 Å². The van der Waals surface area contributed by atoms with E-state index >= 15 is 0 Å². The molecule has 0 aliphatic heterocycles. The number of ether oxygens (including phenoxy) is 1. The highest BCUT2D eigenvalue weighted by molar-refractivity contribution is 6.35. The first kappa shape index (κ1) is 17.4. The molecule has 4 nitrogen and oxygen atoms in total. The third-order valence-electron chi connectivity index (χ3n) is 3.89. The first-order chi connectivity index (χ1) is 12.9. The Balaban J connectivity index is 1.77. The van der Waals surface area contributed by atoms with E-state index in [2.05, 4.69) is 20.0 Å². The first-order valence-electron chi connectivity index (χ1n) is 7.86. The van der Waals surface area contributed by atoms with Crippen LogP contribution in [0.1, 0.15) is 0 Å². The second-order valence-electron chi connectivity index (χ2n) is 5.69. The molecule has 0 saturated heterocycles. The number of hydrogen-bond donors (Lipinski definition) is 1. The molecule has 136 valence electrons. The Labute approximate surface area is 156 Å². The van der Waals surface area contributed by atoms with Crippen molar-refractivity contribution in [2.24, 2.45) is 0 Å². The Bertz CT molecular complexity index is 1150. The summed E-state index contributed by atoms with van der Waals surface area (Å²) in [5, 5.41) is 4.98. The van der Waals surface area contributed by atoms with Gasteiger partial charge < -0.3 is 10.1 Å². The number of aromatic nitrogens is 2. The molecule has 8 heteroatoms. The number of para-hydroxylation sites is 1. The van der Waals surface area contributed by atoms with Crippen molar-refractivity contribution in [3.8, 4) is 5.75 Å². The summed E-state index contributed by atoms with van der Waals surface area (Å²) in [4.78, 5) is 8.51. The summed E-state index contributed by atoms with van der Waals surface area (Å²) in [6.45, 7) is 0. The van der Waals surface area contributed by atoms with Crippen LogP contribution in [-0.2, 0) is 0 Å². The molecular formula is C19H11ClF3N3O. The lowest BCUT2D eigenvalue weighted by molar-refractivity contribution is -0.274. The number of nitrogens with zero attached hydrogens (tertiary/aromatic N) is 2. The number of hydrogen-bond acceptors (Lipinski definition) is 4. The maximum absolute atomic E-state index is 12.6. The van der Waals surface area contributed by atoms with E-state index in [0.717, 1.165) is 5.39 Å². The summed E-state index contributed by atoms with van der Waals surface area (Å²) in [5.41, 5.74) is 1.27. The van der Waals surface area contributed by atoms with E-state index in [1.807, 2.05) is 18.2 Å². The minimum absolute atomic E-state index is 0.0960. The predicted octanol–water partition coefficient (Wildman–Crippen LogP) is 6.08. The second-order valence-corrected chi connectivity index (χ2v) is 6.10. The van der Waals surface area contributed by atoms with Crippen molar-refractivity contribution in [2.45, 2.75) is 6.36 Å². The quantitative estimate of drug-likeness (QED) is 0.461. The van der Waals surface area contributed by atoms with Gasteiger partial charge in [-0.05, 0) is 42.5 Å². The molecule has 0 spiro atoms. The molecule has 0 bridgehead atoms. The Hall–Kier alpha value is -3.06. The smallest absolute Gasteiger partial charge is 0.403 e. The van der Waals surface area contributed by atoms with E-state index in [0.29, 0.717) is 27.4 Å². The summed E-state index contributed by atoms with van der Waals surface area (Å²) in [6.07, 6.45) is -3.39. The van der Waals surface area contributed by atoms with Crippen LogP contribution >= 0.6 is 11.6 Å². The number of alkyl halides is 3. The van der Waals surface area contributed by atoms with E-state index in [-0.39, 0.29) is 11.3 Å². The molecule has 0 fully saturated rings. The van der Waals surface area contributed by atoms with Crippen LogP contribution in [0.4, 0.5) is 24.7 Å². The van der Waals surface area contributed by atoms with Gasteiger partial charge in [-0.3, -0.25) is 4.98 Å². The molecule has 0 aliphatic rings. The lowest BCUT2D eigenvalue weighted by Gasteiger charge is -2.14. The first-order valence-corrected chi connectivity index (χ1v) is 8.24. The van der Waals surface area contributed by atoms with Gasteiger partial charge in [0.15, 0.2) is 5.75 Å². The molecule has 0 atom stereocenters. The van der Waals surface area contributed by atoms with Crippen LogP contribution in [0.15, 0.2) is 60.8 Å². The molecule has 2 aromatic heterocycles. The van der Waals surface area contributed by atoms with Gasteiger partial charge >= 0.3 is 6.36 Å². The zero-order chi connectivity index (χ0) is 19.0. The van der Waals surface area contributed by atoms with Crippen LogP contribution in [-0.4, -0.2) is 16.3 Å². The molecule has 4 aromatic rings. The molecule has 27 heavy (non-hydrogen) atoms. The second kappa shape index (κ2) is 6.59. The van der Waals surface area contributed by atoms with Crippen molar-refractivity contribution in [3.05, 3.63) is 65.8 Å². The van der Waals surface area contributed by atoms with Gasteiger partial charge in [-0.2, -0.15) is 0 Å². The monoisotopic (exact) mass is 389 g/mol. The van der Waals surface area contributed by atoms with Crippen LogP contribution < -0.4 is 10.1 Å². The maximum atomic E-state index is 12.6. The van der Waals surface area contributed by atoms with Crippen molar-refractivity contribution >= 4 is 44.9 Å². The van der Waals surface area contributed by atoms with Crippen LogP contribution in [0.5, 0.6) is 5.75 Å². The zero-order valence-corrected chi connectivity index (χ0v) is 14.3. The Morgan fingerprint density at radius 3 is 2.59 bits per heavy atom. The summed E-state index contributed by atoms with van der Waals surface area (Å²) >= 11 is 6.19. The SMILES string of the molecule is FC(F)(F)Oc1ccc(Nc2ccc3cccc(Cl)c3n2)c2cccnc12. The van der Waals surface area contributed by atoms with Crippen molar-refractivity contribution < 1.29 is 17.9 Å². The highest BCUT2D eigenvalue weighted by Gasteiger charge is 2.32. The van der Waals surface area contributed by atoms with E-state index in [1.54, 1.807) is 24.3 Å². The Morgan fingerprint density at radius 2 is 1.78 bits per heavy atom. The molecule has 2 heterocycles. The van der Waals surface area contributed by atoms with E-state index in [4.69, 9.17) is 11.6 Å². The fourth-order valence-electron chi connectivity index (χ4n) is 2.78. The summed E-state index contributed by atoms with van der Waals surface area (Å²) in [7, 11) is 0. The van der Waals surface area contributed by atoms with Gasteiger partial charge in [0.1, 0.15) is 11.3 Å². The maximum Gasteiger partial charge on any atom is 0.573 e. The minimum Gasteiger partial charge on any atom is -0.403 e. The van der Waals surface area contributed by atoms with Crippen molar-refractivity contribution in [1.29, 1.82) is 0 Å². The number of nitrogens with one attached hydrogen (secondary N) is 1. The molecular weight excluding hydrogens is 379 g/mol. The average molecular weight is 390 g/mol. The molecule has 2 aromatic carbocycles. The zero-order valence-electron chi connectivity index (χ0n) is 13.6. The van der Waals surface area contributed by atoms with Gasteiger partial charge in [0, 0.05) is 22.7 Å². The molecule has 1 N–H and O–H groups in total. The van der Waals surface area contributed by atoms with E-state index < -0.39 is 6.36 Å². The number of halogens is 4. The summed E-state index contributed by atoms with van der Waals surface area (Å²) < 4.78 is 41.9. The van der Waals surface area contributed by atoms with Crippen LogP contribution in [0.2, 0.25) is 5.02 Å². The van der Waals surface area contributed by atoms with Gasteiger partial charge in [0.25, 0.3) is 0 Å². The summed E-state index contributed by atoms with van der Waals surface area (Å²) in [5.74, 6) is 0.142. The third kappa shape index (κ3) is 3.59. The molecule has 0 aliphatic carbocycles. The Morgan fingerprint density at radius 1 is 0.926 bits per heavy atom. The van der Waals surface area contributed by atoms with Gasteiger partial charge in [-0.15, -0.1) is 13.2 Å². The molecule has 0 radical (unpaired) electrons. The lowest BCUT2D eigenvalue weighted by Crippen LogP contribution is -2.17. The standard InChI is InChI=1S/C19H11ClF3N3O/c20-13-5-1-3-11-6-9-16(26-17(11)13)25-14-7-8-15(27-19(21,22)23)18-12(14)4-2-10-24-18/h1-10H,(H,25,26). The highest BCUT2D eigenvalue weighted by Crippen LogP contribution is 2.34. The van der Waals surface area contributed by atoms with Crippen LogP contribution in [0, 0.1) is 0 Å². The van der Waals surface area contributed by atoms with Gasteiger partial charge in [0.05, 0.1) is 10.5 Å². The van der Waals surface area contributed by atoms with E-state index in [1.165, 1.54) is 18.3 Å². The minimum atomic E-state index is -4.80. The van der Waals surface area contributed by atoms with Crippen LogP contribution in [0.3, 0.4) is 0 Å². The predicted molar refractivity (Wildman–Crippen MR) is 98.5 cm³/mol. The van der Waals surface area contributed by atoms with Gasteiger partial charge in [-0.1, -0.05) is 23.7 Å². The van der Waals surface area contributed by atoms with Crippen molar-refractivity contribution in [3.63, 3.8) is 0 Å². The molecule has 0 amide bonds. The molecule has 0 saturated carbocycles. The lowest BCUT2D eigenvalue weighted by atomic mass is 10.1. The number of pyridine rings is 2. The largest absolute Gasteiger partial charge is 0.573 e. The summed E-state index contributed by atoms with van der Waals surface area (Å²) in [6, 6.07) is 15.1. The van der Waals surface area contributed by atoms with Gasteiger partial charge in [0.2, 0.25) is 0 Å². The third-order valence-corrected chi connectivity index (χ3v) is 4.20. The fraction of sp³-hybridized carbons (Fsp3) is 0.0526. The van der Waals surface area contributed by atoms with Crippen molar-refractivity contribution in [2.75, 3.05) is 5.32 Å². The number of benzene rings is 2. The number of anilines is 2. The Kier molecular flexibility index (Phi) is 4.24. The topological polar surface area (TPSA) is 47.0 Å². The number of rotatable bonds is 3. The van der Waals surface area contributed by atoms with Crippen molar-refractivity contribution in [1.82, 2.24) is 9.97 Å². The van der Waals surface area contributed by atoms with Gasteiger partial charge in [-0.25, -0.2) is 4.98 Å². The highest BCUT2D eigenvalue weighted by atomic mass is 35.5. The average Bonchev–Trinajstić information content (AvgIpc) is 2.63. The molecule has 0 unspecified atom stereocenters. The molecule has 4 rings (SSSR count). The normalized spacial score (nSPS) is 11.7. The fourth-order valence-corrected chi connectivity index (χ4v) is 3.01.